The lowest BCUT2D eigenvalue weighted by atomic mass is 9.83. The summed E-state index contributed by atoms with van der Waals surface area (Å²) >= 11 is 0. The maximum absolute atomic E-state index is 14.7. The van der Waals surface area contributed by atoms with Gasteiger partial charge in [0.15, 0.2) is 0 Å². The third kappa shape index (κ3) is 3.95. The number of fused-ring (bicyclic) bond motifs is 1. The highest BCUT2D eigenvalue weighted by Gasteiger charge is 2.36. The highest BCUT2D eigenvalue weighted by Crippen LogP contribution is 2.38. The number of anilines is 1. The van der Waals surface area contributed by atoms with Gasteiger partial charge < -0.3 is 10.6 Å². The molecule has 4 rings (SSSR count). The standard InChI is InChI=1S/C22H18F4N4O2/c1-10-5-18-12(9-27-30-18)6-17(10)29-21(32)20-11(2)28-19(31)8-15(20)14-4-3-13(7-16(14)23)22(24,25)26/h3-7,9,15H,8H2,1-2H3,(H,27,30)(H,28,31)(H,29,32). The van der Waals surface area contributed by atoms with Crippen molar-refractivity contribution in [1.29, 1.82) is 0 Å². The van der Waals surface area contributed by atoms with E-state index in [1.807, 2.05) is 0 Å². The van der Waals surface area contributed by atoms with E-state index in [0.717, 1.165) is 28.6 Å². The summed E-state index contributed by atoms with van der Waals surface area (Å²) in [7, 11) is 0. The van der Waals surface area contributed by atoms with E-state index in [0.29, 0.717) is 11.8 Å². The van der Waals surface area contributed by atoms with Crippen molar-refractivity contribution >= 4 is 28.4 Å². The third-order valence-corrected chi connectivity index (χ3v) is 5.45. The van der Waals surface area contributed by atoms with Gasteiger partial charge in [0, 0.05) is 34.7 Å². The van der Waals surface area contributed by atoms with Gasteiger partial charge in [-0.25, -0.2) is 4.39 Å². The van der Waals surface area contributed by atoms with E-state index in [1.165, 1.54) is 6.92 Å². The number of carbonyl (C=O) groups is 2. The number of aromatic amines is 1. The van der Waals surface area contributed by atoms with E-state index in [-0.39, 0.29) is 23.3 Å². The number of aromatic nitrogens is 2. The summed E-state index contributed by atoms with van der Waals surface area (Å²) < 4.78 is 53.5. The molecule has 0 aliphatic carbocycles. The van der Waals surface area contributed by atoms with Crippen LogP contribution in [0.4, 0.5) is 23.2 Å². The van der Waals surface area contributed by atoms with Crippen molar-refractivity contribution in [3.05, 3.63) is 70.3 Å². The Morgan fingerprint density at radius 3 is 2.62 bits per heavy atom. The van der Waals surface area contributed by atoms with E-state index >= 15 is 0 Å². The first-order valence-corrected chi connectivity index (χ1v) is 9.67. The topological polar surface area (TPSA) is 86.9 Å². The molecule has 1 atom stereocenters. The minimum Gasteiger partial charge on any atom is -0.330 e. The van der Waals surface area contributed by atoms with E-state index < -0.39 is 35.3 Å². The fourth-order valence-corrected chi connectivity index (χ4v) is 3.88. The zero-order chi connectivity index (χ0) is 23.2. The first-order chi connectivity index (χ1) is 15.0. The molecule has 32 heavy (non-hydrogen) atoms. The summed E-state index contributed by atoms with van der Waals surface area (Å²) in [6, 6.07) is 5.62. The van der Waals surface area contributed by atoms with Gasteiger partial charge in [0.05, 0.1) is 17.3 Å². The minimum absolute atomic E-state index is 0.0787. The van der Waals surface area contributed by atoms with Crippen LogP contribution in [0, 0.1) is 12.7 Å². The number of aryl methyl sites for hydroxylation is 1. The van der Waals surface area contributed by atoms with Crippen molar-refractivity contribution in [2.24, 2.45) is 0 Å². The van der Waals surface area contributed by atoms with Gasteiger partial charge in [-0.05, 0) is 49.2 Å². The predicted molar refractivity (Wildman–Crippen MR) is 109 cm³/mol. The number of halogens is 4. The fraction of sp³-hybridized carbons (Fsp3) is 0.227. The van der Waals surface area contributed by atoms with Crippen LogP contribution in [-0.2, 0) is 15.8 Å². The number of nitrogens with zero attached hydrogens (tertiary/aromatic N) is 1. The van der Waals surface area contributed by atoms with Crippen LogP contribution in [0.25, 0.3) is 10.9 Å². The number of allylic oxidation sites excluding steroid dienone is 1. The van der Waals surface area contributed by atoms with Gasteiger partial charge in [0.1, 0.15) is 5.82 Å². The van der Waals surface area contributed by atoms with Crippen LogP contribution in [-0.4, -0.2) is 22.0 Å². The summed E-state index contributed by atoms with van der Waals surface area (Å²) in [6.45, 7) is 3.28. The Labute approximate surface area is 179 Å². The largest absolute Gasteiger partial charge is 0.416 e. The van der Waals surface area contributed by atoms with E-state index in [4.69, 9.17) is 0 Å². The Morgan fingerprint density at radius 2 is 1.94 bits per heavy atom. The molecule has 166 valence electrons. The third-order valence-electron chi connectivity index (χ3n) is 5.45. The van der Waals surface area contributed by atoms with Crippen molar-refractivity contribution in [1.82, 2.24) is 15.5 Å². The molecule has 1 aliphatic heterocycles. The average Bonchev–Trinajstić information content (AvgIpc) is 3.13. The Morgan fingerprint density at radius 1 is 1.19 bits per heavy atom. The molecule has 1 aromatic heterocycles. The zero-order valence-corrected chi connectivity index (χ0v) is 17.0. The van der Waals surface area contributed by atoms with Crippen LogP contribution in [0.3, 0.4) is 0 Å². The number of benzene rings is 2. The molecule has 0 saturated carbocycles. The lowest BCUT2D eigenvalue weighted by Gasteiger charge is -2.28. The molecule has 3 aromatic rings. The highest BCUT2D eigenvalue weighted by molar-refractivity contribution is 6.08. The molecule has 10 heteroatoms. The Bertz CT molecular complexity index is 1280. The SMILES string of the molecule is CC1=C(C(=O)Nc2cc3cn[nH]c3cc2C)C(c2ccc(C(F)(F)F)cc2F)CC(=O)N1. The lowest BCUT2D eigenvalue weighted by Crippen LogP contribution is -2.35. The molecule has 1 unspecified atom stereocenters. The summed E-state index contributed by atoms with van der Waals surface area (Å²) in [5.41, 5.74) is 1.01. The molecule has 6 nitrogen and oxygen atoms in total. The average molecular weight is 446 g/mol. The smallest absolute Gasteiger partial charge is 0.330 e. The van der Waals surface area contributed by atoms with Crippen LogP contribution >= 0.6 is 0 Å². The van der Waals surface area contributed by atoms with Crippen LogP contribution in [0.2, 0.25) is 0 Å². The second kappa shape index (κ2) is 7.77. The Hall–Kier alpha value is -3.69. The molecular weight excluding hydrogens is 428 g/mol. The van der Waals surface area contributed by atoms with Gasteiger partial charge in [0.25, 0.3) is 5.91 Å². The maximum Gasteiger partial charge on any atom is 0.416 e. The minimum atomic E-state index is -4.71. The van der Waals surface area contributed by atoms with Crippen LogP contribution in [0.5, 0.6) is 0 Å². The number of nitrogens with one attached hydrogen (secondary N) is 3. The van der Waals surface area contributed by atoms with Gasteiger partial charge in [-0.15, -0.1) is 0 Å². The Kier molecular flexibility index (Phi) is 5.23. The molecule has 2 aromatic carbocycles. The fourth-order valence-electron chi connectivity index (χ4n) is 3.88. The first kappa shape index (κ1) is 21.5. The lowest BCUT2D eigenvalue weighted by molar-refractivity contribution is -0.137. The van der Waals surface area contributed by atoms with Crippen molar-refractivity contribution in [2.45, 2.75) is 32.4 Å². The van der Waals surface area contributed by atoms with E-state index in [1.54, 1.807) is 25.3 Å². The van der Waals surface area contributed by atoms with Crippen LogP contribution < -0.4 is 10.6 Å². The second-order valence-electron chi connectivity index (χ2n) is 7.66. The molecule has 2 heterocycles. The van der Waals surface area contributed by atoms with Crippen LogP contribution in [0.1, 0.15) is 36.0 Å². The number of H-pyrrole nitrogens is 1. The van der Waals surface area contributed by atoms with Gasteiger partial charge in [-0.3, -0.25) is 14.7 Å². The van der Waals surface area contributed by atoms with Crippen molar-refractivity contribution < 1.29 is 27.2 Å². The zero-order valence-electron chi connectivity index (χ0n) is 17.0. The van der Waals surface area contributed by atoms with Gasteiger partial charge >= 0.3 is 6.18 Å². The number of carbonyl (C=O) groups excluding carboxylic acids is 2. The molecule has 3 N–H and O–H groups in total. The van der Waals surface area contributed by atoms with Crippen molar-refractivity contribution in [2.75, 3.05) is 5.32 Å². The molecular formula is C22H18F4N4O2. The van der Waals surface area contributed by atoms with Crippen LogP contribution in [0.15, 0.2) is 47.8 Å². The summed E-state index contributed by atoms with van der Waals surface area (Å²) in [5, 5.41) is 12.9. The Balaban J connectivity index is 1.71. The molecule has 0 bridgehead atoms. The molecule has 0 radical (unpaired) electrons. The van der Waals surface area contributed by atoms with Gasteiger partial charge in [-0.2, -0.15) is 18.3 Å². The number of rotatable bonds is 3. The maximum atomic E-state index is 14.7. The number of alkyl halides is 3. The van der Waals surface area contributed by atoms with Crippen molar-refractivity contribution in [3.8, 4) is 0 Å². The quantitative estimate of drug-likeness (QED) is 0.516. The molecule has 0 spiro atoms. The number of hydrogen-bond acceptors (Lipinski definition) is 3. The summed E-state index contributed by atoms with van der Waals surface area (Å²) in [4.78, 5) is 25.3. The van der Waals surface area contributed by atoms with Gasteiger partial charge in [0.2, 0.25) is 5.91 Å². The van der Waals surface area contributed by atoms with E-state index in [2.05, 4.69) is 20.8 Å². The monoisotopic (exact) mass is 446 g/mol. The number of amides is 2. The van der Waals surface area contributed by atoms with Crippen molar-refractivity contribution in [3.63, 3.8) is 0 Å². The molecule has 1 aliphatic rings. The second-order valence-corrected chi connectivity index (χ2v) is 7.66. The number of hydrogen-bond donors (Lipinski definition) is 3. The highest BCUT2D eigenvalue weighted by atomic mass is 19.4. The summed E-state index contributed by atoms with van der Waals surface area (Å²) in [6.07, 6.45) is -3.39. The summed E-state index contributed by atoms with van der Waals surface area (Å²) in [5.74, 6) is -3.21. The molecule has 0 fully saturated rings. The molecule has 0 saturated heterocycles. The van der Waals surface area contributed by atoms with Gasteiger partial charge in [-0.1, -0.05) is 6.07 Å². The van der Waals surface area contributed by atoms with E-state index in [9.17, 15) is 27.2 Å². The predicted octanol–water partition coefficient (Wildman–Crippen LogP) is 4.55. The molecule has 2 amide bonds. The first-order valence-electron chi connectivity index (χ1n) is 9.67. The normalized spacial score (nSPS) is 16.9.